The number of hydrogen-bond donors (Lipinski definition) is 2. The Morgan fingerprint density at radius 1 is 1.24 bits per heavy atom. The Hall–Kier alpha value is -1.15. The lowest BCUT2D eigenvalue weighted by atomic mass is 9.97. The second-order valence-electron chi connectivity index (χ2n) is 6.73. The van der Waals surface area contributed by atoms with Gasteiger partial charge < -0.3 is 10.2 Å². The van der Waals surface area contributed by atoms with Crippen molar-refractivity contribution in [3.63, 3.8) is 0 Å². The zero-order chi connectivity index (χ0) is 18.4. The average Bonchev–Trinajstić information content (AvgIpc) is 2.59. The van der Waals surface area contributed by atoms with Gasteiger partial charge in [0.15, 0.2) is 0 Å². The molecule has 1 heterocycles. The first-order valence-electron chi connectivity index (χ1n) is 8.63. The Morgan fingerprint density at radius 2 is 1.84 bits per heavy atom. The predicted octanol–water partition coefficient (Wildman–Crippen LogP) is 0.392. The van der Waals surface area contributed by atoms with Crippen molar-refractivity contribution >= 4 is 27.5 Å². The Labute approximate surface area is 155 Å². The van der Waals surface area contributed by atoms with Gasteiger partial charge in [0.25, 0.3) is 0 Å². The van der Waals surface area contributed by atoms with E-state index in [1.54, 1.807) is 12.1 Å². The van der Waals surface area contributed by atoms with Crippen LogP contribution in [-0.4, -0.2) is 58.9 Å². The number of quaternary nitrogens is 1. The van der Waals surface area contributed by atoms with Gasteiger partial charge in [-0.05, 0) is 37.1 Å². The SMILES string of the molecule is C[NH+](C)CCCNC(=O)C1CCN(S(=O)(=O)c2ccc(Cl)cc2)CC1. The van der Waals surface area contributed by atoms with Crippen molar-refractivity contribution in [1.29, 1.82) is 0 Å². The van der Waals surface area contributed by atoms with Gasteiger partial charge in [0.2, 0.25) is 15.9 Å². The van der Waals surface area contributed by atoms with Crippen LogP contribution in [0, 0.1) is 5.92 Å². The van der Waals surface area contributed by atoms with E-state index in [4.69, 9.17) is 11.6 Å². The van der Waals surface area contributed by atoms with Gasteiger partial charge in [-0.25, -0.2) is 8.42 Å². The third-order valence-electron chi connectivity index (χ3n) is 4.43. The molecule has 8 heteroatoms. The van der Waals surface area contributed by atoms with E-state index >= 15 is 0 Å². The molecule has 1 fully saturated rings. The topological polar surface area (TPSA) is 70.9 Å². The summed E-state index contributed by atoms with van der Waals surface area (Å²) in [5, 5.41) is 3.47. The lowest BCUT2D eigenvalue weighted by Gasteiger charge is -2.30. The maximum Gasteiger partial charge on any atom is 0.243 e. The first-order chi connectivity index (χ1) is 11.8. The van der Waals surface area contributed by atoms with E-state index in [0.29, 0.717) is 37.5 Å². The molecule has 1 aromatic rings. The van der Waals surface area contributed by atoms with E-state index in [1.807, 2.05) is 0 Å². The number of carbonyl (C=O) groups is 1. The monoisotopic (exact) mass is 388 g/mol. The Balaban J connectivity index is 1.84. The highest BCUT2D eigenvalue weighted by Crippen LogP contribution is 2.24. The van der Waals surface area contributed by atoms with Crippen LogP contribution in [0.4, 0.5) is 0 Å². The summed E-state index contributed by atoms with van der Waals surface area (Å²) in [6.07, 6.45) is 2.05. The summed E-state index contributed by atoms with van der Waals surface area (Å²) in [6.45, 7) is 2.42. The number of piperidine rings is 1. The van der Waals surface area contributed by atoms with E-state index < -0.39 is 10.0 Å². The van der Waals surface area contributed by atoms with E-state index in [2.05, 4.69) is 19.4 Å². The third-order valence-corrected chi connectivity index (χ3v) is 6.59. The molecule has 0 unspecified atom stereocenters. The van der Waals surface area contributed by atoms with Crippen molar-refractivity contribution in [1.82, 2.24) is 9.62 Å². The highest BCUT2D eigenvalue weighted by Gasteiger charge is 2.31. The first-order valence-corrected chi connectivity index (χ1v) is 10.4. The molecule has 0 spiro atoms. The van der Waals surface area contributed by atoms with Crippen LogP contribution in [0.1, 0.15) is 19.3 Å². The minimum Gasteiger partial charge on any atom is -0.356 e. The lowest BCUT2D eigenvalue weighted by molar-refractivity contribution is -0.858. The minimum absolute atomic E-state index is 0.0392. The number of hydrogen-bond acceptors (Lipinski definition) is 3. The standard InChI is InChI=1S/C17H26ClN3O3S/c1-20(2)11-3-10-19-17(22)14-8-12-21(13-9-14)25(23,24)16-6-4-15(18)5-7-16/h4-7,14H,3,8-13H2,1-2H3,(H,19,22)/p+1. The lowest BCUT2D eigenvalue weighted by Crippen LogP contribution is -3.05. The molecule has 1 saturated heterocycles. The van der Waals surface area contributed by atoms with Crippen LogP contribution in [0.2, 0.25) is 5.02 Å². The molecular formula is C17H27ClN3O3S+. The van der Waals surface area contributed by atoms with Crippen molar-refractivity contribution in [2.24, 2.45) is 5.92 Å². The van der Waals surface area contributed by atoms with Gasteiger partial charge in [-0.2, -0.15) is 4.31 Å². The summed E-state index contributed by atoms with van der Waals surface area (Å²) in [5.74, 6) is -0.0688. The van der Waals surface area contributed by atoms with Crippen molar-refractivity contribution in [2.75, 3.05) is 40.3 Å². The summed E-state index contributed by atoms with van der Waals surface area (Å²) in [4.78, 5) is 13.8. The minimum atomic E-state index is -3.52. The molecule has 2 rings (SSSR count). The number of rotatable bonds is 7. The van der Waals surface area contributed by atoms with Gasteiger partial charge >= 0.3 is 0 Å². The number of benzene rings is 1. The largest absolute Gasteiger partial charge is 0.356 e. The second-order valence-corrected chi connectivity index (χ2v) is 9.11. The molecule has 1 aromatic carbocycles. The van der Waals surface area contributed by atoms with Crippen LogP contribution < -0.4 is 10.2 Å². The molecule has 0 radical (unpaired) electrons. The Bertz CT molecular complexity index is 669. The zero-order valence-corrected chi connectivity index (χ0v) is 16.4. The quantitative estimate of drug-likeness (QED) is 0.664. The van der Waals surface area contributed by atoms with Crippen LogP contribution in [0.3, 0.4) is 0 Å². The average molecular weight is 389 g/mol. The van der Waals surface area contributed by atoms with E-state index in [9.17, 15) is 13.2 Å². The van der Waals surface area contributed by atoms with Gasteiger partial charge in [-0.3, -0.25) is 4.79 Å². The number of amides is 1. The molecule has 0 bridgehead atoms. The van der Waals surface area contributed by atoms with Crippen LogP contribution >= 0.6 is 11.6 Å². The summed E-state index contributed by atoms with van der Waals surface area (Å²) in [6, 6.07) is 6.18. The van der Waals surface area contributed by atoms with Crippen LogP contribution in [-0.2, 0) is 14.8 Å². The van der Waals surface area contributed by atoms with Gasteiger partial charge in [0, 0.05) is 37.0 Å². The molecule has 1 amide bonds. The molecule has 0 aliphatic carbocycles. The molecule has 6 nitrogen and oxygen atoms in total. The van der Waals surface area contributed by atoms with Crippen LogP contribution in [0.25, 0.3) is 0 Å². The van der Waals surface area contributed by atoms with Gasteiger partial charge in [-0.1, -0.05) is 11.6 Å². The fraction of sp³-hybridized carbons (Fsp3) is 0.588. The van der Waals surface area contributed by atoms with Crippen LogP contribution in [0.5, 0.6) is 0 Å². The van der Waals surface area contributed by atoms with Crippen molar-refractivity contribution in [3.05, 3.63) is 29.3 Å². The molecule has 2 N–H and O–H groups in total. The number of carbonyl (C=O) groups excluding carboxylic acids is 1. The highest BCUT2D eigenvalue weighted by atomic mass is 35.5. The molecular weight excluding hydrogens is 362 g/mol. The number of halogens is 1. The fourth-order valence-corrected chi connectivity index (χ4v) is 4.51. The molecule has 0 saturated carbocycles. The predicted molar refractivity (Wildman–Crippen MR) is 98.2 cm³/mol. The third kappa shape index (κ3) is 5.67. The van der Waals surface area contributed by atoms with Gasteiger partial charge in [0.1, 0.15) is 0 Å². The fourth-order valence-electron chi connectivity index (χ4n) is 2.91. The zero-order valence-electron chi connectivity index (χ0n) is 14.8. The highest BCUT2D eigenvalue weighted by molar-refractivity contribution is 7.89. The van der Waals surface area contributed by atoms with E-state index in [-0.39, 0.29) is 16.7 Å². The maximum atomic E-state index is 12.6. The summed E-state index contributed by atoms with van der Waals surface area (Å²) >= 11 is 5.82. The van der Waals surface area contributed by atoms with Crippen LogP contribution in [0.15, 0.2) is 29.2 Å². The number of sulfonamides is 1. The van der Waals surface area contributed by atoms with E-state index in [1.165, 1.54) is 21.3 Å². The molecule has 1 aliphatic heterocycles. The Kier molecular flexibility index (Phi) is 7.25. The van der Waals surface area contributed by atoms with Crippen molar-refractivity contribution in [2.45, 2.75) is 24.2 Å². The Morgan fingerprint density at radius 3 is 2.40 bits per heavy atom. The number of nitrogens with one attached hydrogen (secondary N) is 2. The second kappa shape index (κ2) is 8.98. The molecule has 0 atom stereocenters. The van der Waals surface area contributed by atoms with E-state index in [0.717, 1.165) is 13.0 Å². The summed E-state index contributed by atoms with van der Waals surface area (Å²) in [7, 11) is 0.646. The molecule has 1 aliphatic rings. The van der Waals surface area contributed by atoms with Crippen molar-refractivity contribution in [3.8, 4) is 0 Å². The normalized spacial score (nSPS) is 17.0. The van der Waals surface area contributed by atoms with Gasteiger partial charge in [-0.15, -0.1) is 0 Å². The number of nitrogens with zero attached hydrogens (tertiary/aromatic N) is 1. The summed E-state index contributed by atoms with van der Waals surface area (Å²) in [5.41, 5.74) is 0. The summed E-state index contributed by atoms with van der Waals surface area (Å²) < 4.78 is 26.7. The van der Waals surface area contributed by atoms with Crippen molar-refractivity contribution < 1.29 is 18.1 Å². The molecule has 25 heavy (non-hydrogen) atoms. The molecule has 140 valence electrons. The maximum absolute atomic E-state index is 12.6. The molecule has 0 aromatic heterocycles. The first kappa shape index (κ1) is 20.2. The smallest absolute Gasteiger partial charge is 0.243 e. The van der Waals surface area contributed by atoms with Gasteiger partial charge in [0.05, 0.1) is 25.5 Å².